The second-order valence-corrected chi connectivity index (χ2v) is 5.22. The van der Waals surface area contributed by atoms with E-state index in [4.69, 9.17) is 10.5 Å². The van der Waals surface area contributed by atoms with Crippen molar-refractivity contribution in [1.82, 2.24) is 19.5 Å². The molecule has 1 fully saturated rings. The third-order valence-corrected chi connectivity index (χ3v) is 4.05. The third kappa shape index (κ3) is 1.98. The summed E-state index contributed by atoms with van der Waals surface area (Å²) in [5.74, 6) is 0.628. The zero-order chi connectivity index (χ0) is 14.3. The molecule has 1 aliphatic heterocycles. The van der Waals surface area contributed by atoms with Crippen LogP contribution in [0.2, 0.25) is 0 Å². The van der Waals surface area contributed by atoms with Crippen LogP contribution < -0.4 is 11.3 Å². The Bertz CT molecular complexity index is 665. The lowest BCUT2D eigenvalue weighted by atomic mass is 9.96. The number of anilines is 1. The molecule has 7 heteroatoms. The van der Waals surface area contributed by atoms with E-state index in [1.807, 2.05) is 4.57 Å². The van der Waals surface area contributed by atoms with Crippen LogP contribution in [-0.2, 0) is 4.74 Å². The molecule has 3 atom stereocenters. The molecule has 0 bridgehead atoms. The number of ether oxygens (including phenoxy) is 1. The predicted octanol–water partition coefficient (Wildman–Crippen LogP) is 1.43. The fraction of sp³-hybridized carbons (Fsp3) is 0.615. The van der Waals surface area contributed by atoms with Crippen LogP contribution in [0.15, 0.2) is 11.1 Å². The summed E-state index contributed by atoms with van der Waals surface area (Å²) in [4.78, 5) is 22.5. The minimum atomic E-state index is -0.316. The summed E-state index contributed by atoms with van der Waals surface area (Å²) in [5, 5.41) is 0. The van der Waals surface area contributed by atoms with Gasteiger partial charge in [-0.1, -0.05) is 20.3 Å². The van der Waals surface area contributed by atoms with E-state index in [0.717, 1.165) is 19.3 Å². The molecule has 0 amide bonds. The summed E-state index contributed by atoms with van der Waals surface area (Å²) in [6, 6.07) is 0. The average Bonchev–Trinajstić information content (AvgIpc) is 3.01. The molecule has 2 aromatic heterocycles. The molecule has 2 aromatic rings. The lowest BCUT2D eigenvalue weighted by Gasteiger charge is -2.15. The van der Waals surface area contributed by atoms with Gasteiger partial charge in [-0.2, -0.15) is 4.98 Å². The van der Waals surface area contributed by atoms with Gasteiger partial charge in [-0.15, -0.1) is 0 Å². The molecule has 1 saturated heterocycles. The molecule has 1 aliphatic rings. The second kappa shape index (κ2) is 4.90. The van der Waals surface area contributed by atoms with Crippen molar-refractivity contribution in [2.24, 2.45) is 5.92 Å². The zero-order valence-corrected chi connectivity index (χ0v) is 11.7. The largest absolute Gasteiger partial charge is 0.369 e. The SMILES string of the molecule is CC[C@@H]1C[C@H](n2cnc3c(=O)[nH]c(N)nc32)O[C@@H]1CC. The standard InChI is InChI=1S/C13H19N5O2/c1-3-7-5-9(20-8(7)4-2)18-6-15-10-11(18)16-13(14)17-12(10)19/h6-9H,3-5H2,1-2H3,(H3,14,16,17,19)/t7-,8-,9-/m1/s1. The van der Waals surface area contributed by atoms with Gasteiger partial charge < -0.3 is 10.5 Å². The Morgan fingerprint density at radius 3 is 2.95 bits per heavy atom. The number of rotatable bonds is 3. The molecule has 0 aromatic carbocycles. The quantitative estimate of drug-likeness (QED) is 0.884. The maximum absolute atomic E-state index is 11.8. The Hall–Kier alpha value is -1.89. The van der Waals surface area contributed by atoms with Gasteiger partial charge in [0.25, 0.3) is 5.56 Å². The highest BCUT2D eigenvalue weighted by Crippen LogP contribution is 2.37. The molecule has 0 aliphatic carbocycles. The first-order valence-electron chi connectivity index (χ1n) is 7.01. The summed E-state index contributed by atoms with van der Waals surface area (Å²) in [6.45, 7) is 4.30. The molecule has 3 heterocycles. The number of hydrogen-bond donors (Lipinski definition) is 2. The summed E-state index contributed by atoms with van der Waals surface area (Å²) in [6.07, 6.45) is 4.72. The summed E-state index contributed by atoms with van der Waals surface area (Å²) >= 11 is 0. The third-order valence-electron chi connectivity index (χ3n) is 4.05. The lowest BCUT2D eigenvalue weighted by molar-refractivity contribution is -0.00445. The van der Waals surface area contributed by atoms with Crippen molar-refractivity contribution in [2.45, 2.75) is 45.4 Å². The van der Waals surface area contributed by atoms with E-state index >= 15 is 0 Å². The van der Waals surface area contributed by atoms with Crippen LogP contribution in [-0.4, -0.2) is 25.6 Å². The van der Waals surface area contributed by atoms with Crippen LogP contribution in [0.4, 0.5) is 5.95 Å². The van der Waals surface area contributed by atoms with Gasteiger partial charge in [0, 0.05) is 0 Å². The number of nitrogen functional groups attached to an aromatic ring is 1. The second-order valence-electron chi connectivity index (χ2n) is 5.22. The first-order valence-corrected chi connectivity index (χ1v) is 7.01. The fourth-order valence-corrected chi connectivity index (χ4v) is 2.97. The minimum Gasteiger partial charge on any atom is -0.369 e. The van der Waals surface area contributed by atoms with Crippen molar-refractivity contribution in [2.75, 3.05) is 5.73 Å². The Labute approximate surface area is 116 Å². The number of aromatic amines is 1. The van der Waals surface area contributed by atoms with Crippen LogP contribution >= 0.6 is 0 Å². The van der Waals surface area contributed by atoms with Gasteiger partial charge in [0.15, 0.2) is 11.2 Å². The summed E-state index contributed by atoms with van der Waals surface area (Å²) < 4.78 is 7.89. The van der Waals surface area contributed by atoms with Crippen molar-refractivity contribution in [3.05, 3.63) is 16.7 Å². The van der Waals surface area contributed by atoms with Crippen LogP contribution in [0, 0.1) is 5.92 Å². The van der Waals surface area contributed by atoms with Crippen LogP contribution in [0.1, 0.15) is 39.3 Å². The van der Waals surface area contributed by atoms with E-state index in [1.54, 1.807) is 6.33 Å². The van der Waals surface area contributed by atoms with Crippen molar-refractivity contribution in [3.63, 3.8) is 0 Å². The van der Waals surface area contributed by atoms with Gasteiger partial charge in [-0.05, 0) is 18.8 Å². The summed E-state index contributed by atoms with van der Waals surface area (Å²) in [5.41, 5.74) is 6.08. The van der Waals surface area contributed by atoms with Crippen molar-refractivity contribution < 1.29 is 4.74 Å². The summed E-state index contributed by atoms with van der Waals surface area (Å²) in [7, 11) is 0. The number of nitrogens with zero attached hydrogens (tertiary/aromatic N) is 3. The van der Waals surface area contributed by atoms with E-state index in [9.17, 15) is 4.79 Å². The van der Waals surface area contributed by atoms with E-state index in [-0.39, 0.29) is 23.8 Å². The highest BCUT2D eigenvalue weighted by atomic mass is 16.5. The molecule has 7 nitrogen and oxygen atoms in total. The molecule has 0 unspecified atom stereocenters. The highest BCUT2D eigenvalue weighted by molar-refractivity contribution is 5.70. The molecular weight excluding hydrogens is 258 g/mol. The van der Waals surface area contributed by atoms with Gasteiger partial charge in [0.2, 0.25) is 5.95 Å². The van der Waals surface area contributed by atoms with Crippen molar-refractivity contribution in [1.29, 1.82) is 0 Å². The number of nitrogens with two attached hydrogens (primary N) is 1. The molecule has 0 saturated carbocycles. The minimum absolute atomic E-state index is 0.0985. The van der Waals surface area contributed by atoms with Crippen molar-refractivity contribution >= 4 is 17.1 Å². The number of fused-ring (bicyclic) bond motifs is 1. The topological polar surface area (TPSA) is 98.8 Å². The Morgan fingerprint density at radius 2 is 2.30 bits per heavy atom. The number of H-pyrrole nitrogens is 1. The van der Waals surface area contributed by atoms with Crippen LogP contribution in [0.3, 0.4) is 0 Å². The molecule has 0 spiro atoms. The van der Waals surface area contributed by atoms with Gasteiger partial charge >= 0.3 is 0 Å². The normalized spacial score (nSPS) is 26.4. The predicted molar refractivity (Wildman–Crippen MR) is 75.2 cm³/mol. The van der Waals surface area contributed by atoms with Crippen molar-refractivity contribution in [3.8, 4) is 0 Å². The number of aromatic nitrogens is 4. The number of nitrogens with one attached hydrogen (secondary N) is 1. The van der Waals surface area contributed by atoms with E-state index < -0.39 is 0 Å². The smallest absolute Gasteiger partial charge is 0.280 e. The molecular formula is C13H19N5O2. The van der Waals surface area contributed by atoms with Gasteiger partial charge in [0.1, 0.15) is 6.23 Å². The molecule has 20 heavy (non-hydrogen) atoms. The zero-order valence-electron chi connectivity index (χ0n) is 11.7. The average molecular weight is 277 g/mol. The molecule has 0 radical (unpaired) electrons. The molecule has 108 valence electrons. The maximum Gasteiger partial charge on any atom is 0.280 e. The Balaban J connectivity index is 2.01. The van der Waals surface area contributed by atoms with Gasteiger partial charge in [0.05, 0.1) is 12.4 Å². The molecule has 3 N–H and O–H groups in total. The first-order chi connectivity index (χ1) is 9.63. The lowest BCUT2D eigenvalue weighted by Crippen LogP contribution is -2.15. The maximum atomic E-state index is 11.8. The van der Waals surface area contributed by atoms with Gasteiger partial charge in [-0.3, -0.25) is 14.3 Å². The highest BCUT2D eigenvalue weighted by Gasteiger charge is 2.34. The number of imidazole rings is 1. The van der Waals surface area contributed by atoms with E-state index in [1.165, 1.54) is 0 Å². The first kappa shape index (κ1) is 13.1. The number of hydrogen-bond acceptors (Lipinski definition) is 5. The van der Waals surface area contributed by atoms with E-state index in [2.05, 4.69) is 28.8 Å². The fourth-order valence-electron chi connectivity index (χ4n) is 2.97. The van der Waals surface area contributed by atoms with Crippen LogP contribution in [0.25, 0.3) is 11.2 Å². The molecule has 3 rings (SSSR count). The van der Waals surface area contributed by atoms with Crippen LogP contribution in [0.5, 0.6) is 0 Å². The monoisotopic (exact) mass is 277 g/mol. The van der Waals surface area contributed by atoms with Gasteiger partial charge in [-0.25, -0.2) is 4.98 Å². The van der Waals surface area contributed by atoms with E-state index in [0.29, 0.717) is 17.1 Å². The Morgan fingerprint density at radius 1 is 1.50 bits per heavy atom. The Kier molecular flexibility index (Phi) is 3.21.